The van der Waals surface area contributed by atoms with Crippen molar-refractivity contribution in [2.24, 2.45) is 13.0 Å². The van der Waals surface area contributed by atoms with Gasteiger partial charge in [0, 0.05) is 43.5 Å². The molecule has 1 amide bonds. The summed E-state index contributed by atoms with van der Waals surface area (Å²) in [5.41, 5.74) is 0.892. The number of likely N-dealkylation sites (N-methyl/N-ethyl adjacent to an activating group) is 1. The number of rotatable bonds is 7. The van der Waals surface area contributed by atoms with Gasteiger partial charge in [-0.2, -0.15) is 8.42 Å². The van der Waals surface area contributed by atoms with Crippen molar-refractivity contribution in [3.63, 3.8) is 0 Å². The first-order valence-corrected chi connectivity index (χ1v) is 12.3. The number of fused-ring (bicyclic) bond motifs is 1. The third-order valence-electron chi connectivity index (χ3n) is 5.67. The zero-order valence-electron chi connectivity index (χ0n) is 19.7. The maximum atomic E-state index is 13.2. The van der Waals surface area contributed by atoms with E-state index in [4.69, 9.17) is 4.74 Å². The number of anilines is 1. The van der Waals surface area contributed by atoms with Gasteiger partial charge < -0.3 is 24.2 Å². The summed E-state index contributed by atoms with van der Waals surface area (Å²) in [7, 11) is 1.72. The summed E-state index contributed by atoms with van der Waals surface area (Å²) < 4.78 is 35.8. The van der Waals surface area contributed by atoms with Gasteiger partial charge in [0.25, 0.3) is 10.0 Å². The monoisotopic (exact) mass is 479 g/mol. The van der Waals surface area contributed by atoms with Crippen LogP contribution in [0.25, 0.3) is 0 Å². The van der Waals surface area contributed by atoms with Crippen LogP contribution in [0.5, 0.6) is 5.75 Å². The van der Waals surface area contributed by atoms with Crippen LogP contribution in [-0.2, 0) is 28.3 Å². The number of hydrogen-bond acceptors (Lipinski definition) is 7. The molecule has 0 saturated carbocycles. The normalized spacial score (nSPS) is 20.5. The number of benzene rings is 1. The second-order valence-corrected chi connectivity index (χ2v) is 10.6. The second kappa shape index (κ2) is 10.1. The summed E-state index contributed by atoms with van der Waals surface area (Å²) in [5, 5.41) is 9.60. The van der Waals surface area contributed by atoms with E-state index < -0.39 is 10.0 Å². The molecule has 0 bridgehead atoms. The highest BCUT2D eigenvalue weighted by atomic mass is 32.2. The summed E-state index contributed by atoms with van der Waals surface area (Å²) in [6.07, 6.45) is 2.65. The highest BCUT2D eigenvalue weighted by Crippen LogP contribution is 2.30. The Hall–Kier alpha value is -2.63. The minimum atomic E-state index is -3.88. The molecule has 0 saturated heterocycles. The average Bonchev–Trinajstić information content (AvgIpc) is 3.19. The number of carbonyl (C=O) groups excluding carboxylic acids is 1. The van der Waals surface area contributed by atoms with Gasteiger partial charge in [0.15, 0.2) is 5.03 Å². The fourth-order valence-electron chi connectivity index (χ4n) is 3.81. The molecule has 2 N–H and O–H groups in total. The fraction of sp³-hybridized carbons (Fsp3) is 0.545. The number of carbonyl (C=O) groups is 1. The third kappa shape index (κ3) is 6.04. The molecule has 0 fully saturated rings. The van der Waals surface area contributed by atoms with E-state index in [0.717, 1.165) is 0 Å². The largest absolute Gasteiger partial charge is 0.488 e. The van der Waals surface area contributed by atoms with Crippen molar-refractivity contribution in [2.45, 2.75) is 37.4 Å². The molecule has 1 aromatic heterocycles. The zero-order chi connectivity index (χ0) is 24.3. The molecular weight excluding hydrogens is 446 g/mol. The topological polar surface area (TPSA) is 117 Å². The lowest BCUT2D eigenvalue weighted by molar-refractivity contribution is -0.134. The molecule has 3 atom stereocenters. The number of aryl methyl sites for hydroxylation is 1. The summed E-state index contributed by atoms with van der Waals surface area (Å²) in [6, 6.07) is 4.59. The molecule has 1 aliphatic heterocycles. The van der Waals surface area contributed by atoms with Crippen molar-refractivity contribution in [3.05, 3.63) is 36.3 Å². The van der Waals surface area contributed by atoms with Crippen molar-refractivity contribution in [2.75, 3.05) is 38.5 Å². The van der Waals surface area contributed by atoms with Crippen LogP contribution >= 0.6 is 0 Å². The first-order valence-electron chi connectivity index (χ1n) is 10.9. The quantitative estimate of drug-likeness (QED) is 0.607. The van der Waals surface area contributed by atoms with E-state index in [0.29, 0.717) is 30.1 Å². The lowest BCUT2D eigenvalue weighted by atomic mass is 10.0. The van der Waals surface area contributed by atoms with Crippen LogP contribution in [0.2, 0.25) is 0 Å². The number of amides is 1. The van der Waals surface area contributed by atoms with Gasteiger partial charge in [-0.05, 0) is 39.2 Å². The van der Waals surface area contributed by atoms with Gasteiger partial charge in [0.05, 0.1) is 25.4 Å². The smallest absolute Gasteiger partial charge is 0.280 e. The molecule has 3 rings (SSSR count). The number of aliphatic hydroxyl groups is 1. The molecule has 1 aromatic carbocycles. The Balaban J connectivity index is 1.97. The van der Waals surface area contributed by atoms with Gasteiger partial charge in [0.1, 0.15) is 11.9 Å². The molecule has 0 unspecified atom stereocenters. The second-order valence-electron chi connectivity index (χ2n) is 8.96. The number of aromatic nitrogens is 2. The number of hydrogen-bond donors (Lipinski definition) is 2. The van der Waals surface area contributed by atoms with E-state index in [2.05, 4.69) is 9.71 Å². The fourth-order valence-corrected chi connectivity index (χ4v) is 4.84. The Morgan fingerprint density at radius 2 is 2.09 bits per heavy atom. The average molecular weight is 480 g/mol. The Kier molecular flexibility index (Phi) is 7.65. The number of imidazole rings is 1. The van der Waals surface area contributed by atoms with Crippen LogP contribution in [0.3, 0.4) is 0 Å². The zero-order valence-corrected chi connectivity index (χ0v) is 20.5. The van der Waals surface area contributed by atoms with Gasteiger partial charge in [0.2, 0.25) is 5.91 Å². The van der Waals surface area contributed by atoms with Gasteiger partial charge in [-0.15, -0.1) is 0 Å². The van der Waals surface area contributed by atoms with Crippen LogP contribution in [0.15, 0.2) is 35.7 Å². The minimum Gasteiger partial charge on any atom is -0.488 e. The summed E-state index contributed by atoms with van der Waals surface area (Å²) in [4.78, 5) is 20.8. The number of aliphatic hydroxyl groups excluding tert-OH is 1. The van der Waals surface area contributed by atoms with Crippen LogP contribution < -0.4 is 9.46 Å². The van der Waals surface area contributed by atoms with Crippen LogP contribution in [0.4, 0.5) is 5.69 Å². The Bertz CT molecular complexity index is 1080. The van der Waals surface area contributed by atoms with Gasteiger partial charge >= 0.3 is 0 Å². The van der Waals surface area contributed by atoms with Crippen molar-refractivity contribution >= 4 is 21.6 Å². The van der Waals surface area contributed by atoms with Crippen molar-refractivity contribution in [3.8, 4) is 5.75 Å². The van der Waals surface area contributed by atoms with Gasteiger partial charge in [-0.25, -0.2) is 4.98 Å². The molecule has 0 radical (unpaired) electrons. The summed E-state index contributed by atoms with van der Waals surface area (Å²) >= 11 is 0. The maximum Gasteiger partial charge on any atom is 0.280 e. The van der Waals surface area contributed by atoms with Gasteiger partial charge in [-0.1, -0.05) is 6.92 Å². The number of nitrogens with zero attached hydrogens (tertiary/aromatic N) is 4. The Morgan fingerprint density at radius 3 is 2.70 bits per heavy atom. The van der Waals surface area contributed by atoms with Crippen molar-refractivity contribution < 1.29 is 23.1 Å². The van der Waals surface area contributed by atoms with E-state index in [1.54, 1.807) is 34.7 Å². The van der Waals surface area contributed by atoms with Gasteiger partial charge in [-0.3, -0.25) is 9.52 Å². The van der Waals surface area contributed by atoms with Crippen LogP contribution in [0, 0.1) is 5.92 Å². The summed E-state index contributed by atoms with van der Waals surface area (Å²) in [6.45, 7) is 4.78. The van der Waals surface area contributed by atoms with E-state index >= 15 is 0 Å². The Morgan fingerprint density at radius 1 is 1.36 bits per heavy atom. The first-order chi connectivity index (χ1) is 15.5. The van der Waals surface area contributed by atoms with Crippen molar-refractivity contribution in [1.29, 1.82) is 0 Å². The van der Waals surface area contributed by atoms with E-state index in [9.17, 15) is 18.3 Å². The lowest BCUT2D eigenvalue weighted by Gasteiger charge is -2.33. The molecule has 33 heavy (non-hydrogen) atoms. The van der Waals surface area contributed by atoms with Crippen LogP contribution in [0.1, 0.15) is 19.4 Å². The molecular formula is C22H33N5O5S. The Labute approximate surface area is 195 Å². The molecule has 0 spiro atoms. The molecule has 1 aliphatic rings. The summed E-state index contributed by atoms with van der Waals surface area (Å²) in [5.74, 6) is 0.406. The van der Waals surface area contributed by atoms with Crippen LogP contribution in [-0.4, -0.2) is 84.7 Å². The predicted octanol–water partition coefficient (Wildman–Crippen LogP) is 0.932. The molecule has 182 valence electrons. The maximum absolute atomic E-state index is 13.2. The molecule has 11 heteroatoms. The number of ether oxygens (including phenoxy) is 1. The lowest BCUT2D eigenvalue weighted by Crippen LogP contribution is -2.47. The molecule has 2 heterocycles. The SMILES string of the molecule is C[C@@H]1CN([C@H](C)CO)C(=O)Cc2cc(NS(=O)(=O)c3cn(C)cn3)ccc2O[C@@H]1CN(C)C. The minimum absolute atomic E-state index is 0.0126. The number of sulfonamides is 1. The highest BCUT2D eigenvalue weighted by Gasteiger charge is 2.31. The third-order valence-corrected chi connectivity index (χ3v) is 6.94. The first kappa shape index (κ1) is 25.0. The van der Waals surface area contributed by atoms with E-state index in [-0.39, 0.29) is 42.0 Å². The van der Waals surface area contributed by atoms with E-state index in [1.165, 1.54) is 12.5 Å². The molecule has 2 aromatic rings. The number of nitrogens with one attached hydrogen (secondary N) is 1. The molecule has 10 nitrogen and oxygen atoms in total. The molecule has 0 aliphatic carbocycles. The standard InChI is InChI=1S/C22H33N5O5S/c1-15-10-27(16(2)13-28)22(29)9-17-8-18(6-7-19(17)32-20(15)11-25(3)4)24-33(30,31)21-12-26(5)14-23-21/h6-8,12,14-16,20,24,28H,9-11,13H2,1-5H3/t15-,16-,20-/m1/s1. The van der Waals surface area contributed by atoms with E-state index in [1.807, 2.05) is 32.8 Å². The highest BCUT2D eigenvalue weighted by molar-refractivity contribution is 7.92. The van der Waals surface area contributed by atoms with Crippen molar-refractivity contribution in [1.82, 2.24) is 19.4 Å². The predicted molar refractivity (Wildman–Crippen MR) is 125 cm³/mol.